The zero-order valence-corrected chi connectivity index (χ0v) is 7.78. The van der Waals surface area contributed by atoms with Gasteiger partial charge in [0.2, 0.25) is 0 Å². The van der Waals surface area contributed by atoms with Crippen LogP contribution in [0.3, 0.4) is 0 Å². The Morgan fingerprint density at radius 3 is 3.14 bits per heavy atom. The van der Waals surface area contributed by atoms with E-state index in [9.17, 15) is 4.79 Å². The third-order valence-electron chi connectivity index (χ3n) is 1.37. The van der Waals surface area contributed by atoms with E-state index >= 15 is 0 Å². The van der Waals surface area contributed by atoms with Crippen molar-refractivity contribution in [2.45, 2.75) is 6.92 Å². The summed E-state index contributed by atoms with van der Waals surface area (Å²) < 4.78 is 4.63. The summed E-state index contributed by atoms with van der Waals surface area (Å²) in [5.41, 5.74) is 6.07. The SMILES string of the molecule is CCOC(=O)C#Cc1ccnc(N)c1. The van der Waals surface area contributed by atoms with Gasteiger partial charge in [0, 0.05) is 17.7 Å². The molecule has 0 radical (unpaired) electrons. The third-order valence-corrected chi connectivity index (χ3v) is 1.37. The summed E-state index contributed by atoms with van der Waals surface area (Å²) in [4.78, 5) is 14.7. The summed E-state index contributed by atoms with van der Waals surface area (Å²) in [5.74, 6) is 4.79. The van der Waals surface area contributed by atoms with Crippen molar-refractivity contribution in [3.63, 3.8) is 0 Å². The molecule has 0 fully saturated rings. The van der Waals surface area contributed by atoms with Crippen molar-refractivity contribution in [2.75, 3.05) is 12.3 Å². The summed E-state index contributed by atoms with van der Waals surface area (Å²) in [5, 5.41) is 0. The topological polar surface area (TPSA) is 65.2 Å². The monoisotopic (exact) mass is 190 g/mol. The maximum atomic E-state index is 10.9. The molecule has 0 unspecified atom stereocenters. The van der Waals surface area contributed by atoms with Gasteiger partial charge < -0.3 is 10.5 Å². The Morgan fingerprint density at radius 2 is 2.50 bits per heavy atom. The minimum Gasteiger partial charge on any atom is -0.456 e. The zero-order valence-electron chi connectivity index (χ0n) is 7.78. The number of anilines is 1. The molecule has 0 bridgehead atoms. The van der Waals surface area contributed by atoms with Gasteiger partial charge in [0.15, 0.2) is 0 Å². The number of nitrogens with zero attached hydrogens (tertiary/aromatic N) is 1. The summed E-state index contributed by atoms with van der Waals surface area (Å²) in [6, 6.07) is 3.26. The van der Waals surface area contributed by atoms with E-state index in [0.29, 0.717) is 18.0 Å². The molecule has 0 aliphatic carbocycles. The van der Waals surface area contributed by atoms with Crippen molar-refractivity contribution in [3.05, 3.63) is 23.9 Å². The van der Waals surface area contributed by atoms with Gasteiger partial charge in [0.05, 0.1) is 6.61 Å². The fourth-order valence-electron chi connectivity index (χ4n) is 0.816. The van der Waals surface area contributed by atoms with Crippen molar-refractivity contribution >= 4 is 11.8 Å². The maximum absolute atomic E-state index is 10.9. The van der Waals surface area contributed by atoms with Crippen molar-refractivity contribution < 1.29 is 9.53 Å². The van der Waals surface area contributed by atoms with E-state index in [-0.39, 0.29) is 0 Å². The van der Waals surface area contributed by atoms with E-state index in [1.807, 2.05) is 0 Å². The fraction of sp³-hybridized carbons (Fsp3) is 0.200. The van der Waals surface area contributed by atoms with Crippen molar-refractivity contribution in [2.24, 2.45) is 0 Å². The number of pyridine rings is 1. The molecule has 72 valence electrons. The van der Waals surface area contributed by atoms with Gasteiger partial charge in [0.1, 0.15) is 5.82 Å². The van der Waals surface area contributed by atoms with Crippen LogP contribution in [-0.4, -0.2) is 17.6 Å². The Labute approximate surface area is 82.1 Å². The fourth-order valence-corrected chi connectivity index (χ4v) is 0.816. The number of esters is 1. The largest absolute Gasteiger partial charge is 0.456 e. The molecule has 4 heteroatoms. The van der Waals surface area contributed by atoms with E-state index in [2.05, 4.69) is 21.6 Å². The van der Waals surface area contributed by atoms with Gasteiger partial charge in [-0.15, -0.1) is 0 Å². The van der Waals surface area contributed by atoms with Crippen LogP contribution >= 0.6 is 0 Å². The minimum absolute atomic E-state index is 0.325. The van der Waals surface area contributed by atoms with Gasteiger partial charge in [-0.25, -0.2) is 9.78 Å². The van der Waals surface area contributed by atoms with Crippen molar-refractivity contribution in [1.29, 1.82) is 0 Å². The van der Waals surface area contributed by atoms with Gasteiger partial charge in [-0.1, -0.05) is 5.92 Å². The van der Waals surface area contributed by atoms with Crippen LogP contribution in [0.15, 0.2) is 18.3 Å². The molecule has 0 aromatic carbocycles. The number of carbonyl (C=O) groups is 1. The number of rotatable bonds is 1. The molecular formula is C10H10N2O2. The van der Waals surface area contributed by atoms with Crippen LogP contribution in [0, 0.1) is 11.8 Å². The molecule has 1 aromatic heterocycles. The number of nitrogens with two attached hydrogens (primary N) is 1. The molecule has 0 atom stereocenters. The number of carbonyl (C=O) groups excluding carboxylic acids is 1. The van der Waals surface area contributed by atoms with E-state index in [1.165, 1.54) is 6.20 Å². The van der Waals surface area contributed by atoms with Gasteiger partial charge in [-0.3, -0.25) is 0 Å². The van der Waals surface area contributed by atoms with E-state index in [1.54, 1.807) is 19.1 Å². The molecule has 2 N–H and O–H groups in total. The van der Waals surface area contributed by atoms with Crippen LogP contribution in [0.4, 0.5) is 5.82 Å². The second-order valence-electron chi connectivity index (χ2n) is 2.44. The number of nitrogen functional groups attached to an aromatic ring is 1. The normalized spacial score (nSPS) is 8.64. The molecule has 0 spiro atoms. The lowest BCUT2D eigenvalue weighted by atomic mass is 10.2. The number of hydrogen-bond acceptors (Lipinski definition) is 4. The molecule has 1 heterocycles. The molecule has 0 aliphatic heterocycles. The van der Waals surface area contributed by atoms with E-state index < -0.39 is 5.97 Å². The van der Waals surface area contributed by atoms with Gasteiger partial charge in [0.25, 0.3) is 0 Å². The Hall–Kier alpha value is -2.02. The molecule has 14 heavy (non-hydrogen) atoms. The van der Waals surface area contributed by atoms with Crippen LogP contribution < -0.4 is 5.73 Å². The first-order valence-corrected chi connectivity index (χ1v) is 4.12. The summed E-state index contributed by atoms with van der Waals surface area (Å²) >= 11 is 0. The average molecular weight is 190 g/mol. The highest BCUT2D eigenvalue weighted by Gasteiger charge is 1.93. The average Bonchev–Trinajstić information content (AvgIpc) is 2.15. The van der Waals surface area contributed by atoms with Crippen molar-refractivity contribution in [1.82, 2.24) is 4.98 Å². The highest BCUT2D eigenvalue weighted by atomic mass is 16.5. The first-order valence-electron chi connectivity index (χ1n) is 4.12. The van der Waals surface area contributed by atoms with E-state index in [0.717, 1.165) is 0 Å². The maximum Gasteiger partial charge on any atom is 0.384 e. The summed E-state index contributed by atoms with van der Waals surface area (Å²) in [7, 11) is 0. The van der Waals surface area contributed by atoms with Crippen LogP contribution in [-0.2, 0) is 9.53 Å². The Kier molecular flexibility index (Phi) is 3.50. The third kappa shape index (κ3) is 3.15. The lowest BCUT2D eigenvalue weighted by Crippen LogP contribution is -1.99. The lowest BCUT2D eigenvalue weighted by Gasteiger charge is -1.92. The lowest BCUT2D eigenvalue weighted by molar-refractivity contribution is -0.136. The molecule has 1 aromatic rings. The van der Waals surface area contributed by atoms with Crippen molar-refractivity contribution in [3.8, 4) is 11.8 Å². The summed E-state index contributed by atoms with van der Waals surface area (Å²) in [6.45, 7) is 2.05. The van der Waals surface area contributed by atoms with Gasteiger partial charge in [-0.05, 0) is 19.1 Å². The molecule has 0 saturated carbocycles. The standard InChI is InChI=1S/C10H10N2O2/c1-2-14-10(13)4-3-8-5-6-12-9(11)7-8/h5-7H,2H2,1H3,(H2,11,12). The Balaban J connectivity index is 2.72. The minimum atomic E-state index is -0.539. The molecular weight excluding hydrogens is 180 g/mol. The molecule has 0 saturated heterocycles. The Bertz CT molecular complexity index is 391. The van der Waals surface area contributed by atoms with Crippen LogP contribution in [0.1, 0.15) is 12.5 Å². The van der Waals surface area contributed by atoms with Gasteiger partial charge in [-0.2, -0.15) is 0 Å². The number of hydrogen-bond donors (Lipinski definition) is 1. The van der Waals surface area contributed by atoms with Crippen LogP contribution in [0.5, 0.6) is 0 Å². The van der Waals surface area contributed by atoms with Gasteiger partial charge >= 0.3 is 5.97 Å². The highest BCUT2D eigenvalue weighted by Crippen LogP contribution is 2.00. The predicted octanol–water partition coefficient (Wildman–Crippen LogP) is 0.578. The summed E-state index contributed by atoms with van der Waals surface area (Å²) in [6.07, 6.45) is 1.53. The first-order chi connectivity index (χ1) is 6.72. The quantitative estimate of drug-likeness (QED) is 0.519. The second kappa shape index (κ2) is 4.87. The van der Waals surface area contributed by atoms with Crippen LogP contribution in [0.25, 0.3) is 0 Å². The number of aromatic nitrogens is 1. The smallest absolute Gasteiger partial charge is 0.384 e. The zero-order chi connectivity index (χ0) is 10.4. The predicted molar refractivity (Wildman–Crippen MR) is 52.2 cm³/mol. The molecule has 4 nitrogen and oxygen atoms in total. The number of ether oxygens (including phenoxy) is 1. The Morgan fingerprint density at radius 1 is 1.71 bits per heavy atom. The van der Waals surface area contributed by atoms with E-state index in [4.69, 9.17) is 5.73 Å². The highest BCUT2D eigenvalue weighted by molar-refractivity contribution is 5.89. The van der Waals surface area contributed by atoms with Crippen LogP contribution in [0.2, 0.25) is 0 Å². The molecule has 0 aliphatic rings. The first kappa shape index (κ1) is 10.1. The molecule has 1 rings (SSSR count). The second-order valence-corrected chi connectivity index (χ2v) is 2.44. The molecule has 0 amide bonds.